The van der Waals surface area contributed by atoms with Crippen LogP contribution in [0.4, 0.5) is 0 Å². The summed E-state index contributed by atoms with van der Waals surface area (Å²) in [6.07, 6.45) is 2.97. The molecule has 1 N–H and O–H groups in total. The summed E-state index contributed by atoms with van der Waals surface area (Å²) in [5.74, 6) is -0.615. The molecule has 106 valence electrons. The molecule has 2 aromatic heterocycles. The zero-order valence-electron chi connectivity index (χ0n) is 10.9. The maximum absolute atomic E-state index is 11.3. The normalized spacial score (nSPS) is 10.7. The number of hydrogen-bond donors (Lipinski definition) is 1. The van der Waals surface area contributed by atoms with Gasteiger partial charge in [0.15, 0.2) is 5.76 Å². The molecule has 6 heteroatoms. The van der Waals surface area contributed by atoms with E-state index in [1.165, 1.54) is 12.5 Å². The number of halogens is 1. The minimum absolute atomic E-state index is 0.104. The Labute approximate surface area is 125 Å². The first kappa shape index (κ1) is 13.5. The van der Waals surface area contributed by atoms with Crippen molar-refractivity contribution in [2.75, 3.05) is 0 Å². The van der Waals surface area contributed by atoms with Gasteiger partial charge in [-0.05, 0) is 29.8 Å². The van der Waals surface area contributed by atoms with E-state index < -0.39 is 5.97 Å². The lowest BCUT2D eigenvalue weighted by Gasteiger charge is -2.02. The molecular weight excluding hydrogens is 292 g/mol. The highest BCUT2D eigenvalue weighted by Crippen LogP contribution is 2.23. The Morgan fingerprint density at radius 3 is 2.86 bits per heavy atom. The van der Waals surface area contributed by atoms with Gasteiger partial charge in [-0.25, -0.2) is 4.79 Å². The van der Waals surface area contributed by atoms with Gasteiger partial charge >= 0.3 is 5.97 Å². The van der Waals surface area contributed by atoms with Crippen molar-refractivity contribution >= 4 is 17.6 Å². The van der Waals surface area contributed by atoms with Crippen molar-refractivity contribution in [2.24, 2.45) is 0 Å². The fourth-order valence-corrected chi connectivity index (χ4v) is 2.29. The van der Waals surface area contributed by atoms with Crippen LogP contribution >= 0.6 is 11.6 Å². The zero-order valence-corrected chi connectivity index (χ0v) is 11.6. The molecule has 3 rings (SSSR count). The minimum Gasteiger partial charge on any atom is -0.478 e. The van der Waals surface area contributed by atoms with Gasteiger partial charge in [-0.1, -0.05) is 23.7 Å². The summed E-state index contributed by atoms with van der Waals surface area (Å²) in [6.45, 7) is 0.432. The zero-order chi connectivity index (χ0) is 14.8. The molecule has 21 heavy (non-hydrogen) atoms. The van der Waals surface area contributed by atoms with Crippen molar-refractivity contribution in [1.29, 1.82) is 0 Å². The van der Waals surface area contributed by atoms with E-state index in [9.17, 15) is 9.90 Å². The van der Waals surface area contributed by atoms with Gasteiger partial charge in [-0.3, -0.25) is 4.68 Å². The first-order valence-corrected chi connectivity index (χ1v) is 6.60. The van der Waals surface area contributed by atoms with E-state index in [2.05, 4.69) is 5.10 Å². The minimum atomic E-state index is -1.04. The highest BCUT2D eigenvalue weighted by Gasteiger charge is 2.19. The molecule has 0 aliphatic rings. The second-order valence-electron chi connectivity index (χ2n) is 4.50. The average molecular weight is 303 g/mol. The van der Waals surface area contributed by atoms with Crippen molar-refractivity contribution in [2.45, 2.75) is 6.54 Å². The molecule has 0 bridgehead atoms. The van der Waals surface area contributed by atoms with Crippen LogP contribution in [0.2, 0.25) is 5.02 Å². The molecule has 0 spiro atoms. The third-order valence-corrected chi connectivity index (χ3v) is 3.22. The molecule has 2 heterocycles. The van der Waals surface area contributed by atoms with Gasteiger partial charge < -0.3 is 9.52 Å². The first-order valence-electron chi connectivity index (χ1n) is 6.22. The van der Waals surface area contributed by atoms with Crippen molar-refractivity contribution in [3.05, 3.63) is 65.0 Å². The standard InChI is InChI=1S/C15H11ClN2O3/c16-11-4-1-3-10(7-11)8-18-9-12(15(19)20)14(17-18)13-5-2-6-21-13/h1-7,9H,8H2,(H,19,20). The Morgan fingerprint density at radius 1 is 1.33 bits per heavy atom. The second-order valence-corrected chi connectivity index (χ2v) is 4.94. The van der Waals surface area contributed by atoms with Crippen LogP contribution in [0, 0.1) is 0 Å². The number of nitrogens with zero attached hydrogens (tertiary/aromatic N) is 2. The SMILES string of the molecule is O=C(O)c1cn(Cc2cccc(Cl)c2)nc1-c1ccco1. The summed E-state index contributed by atoms with van der Waals surface area (Å²) in [4.78, 5) is 11.3. The lowest BCUT2D eigenvalue weighted by molar-refractivity contribution is 0.0697. The fraction of sp³-hybridized carbons (Fsp3) is 0.0667. The molecule has 0 radical (unpaired) electrons. The van der Waals surface area contributed by atoms with Crippen LogP contribution in [0.5, 0.6) is 0 Å². The van der Waals surface area contributed by atoms with Gasteiger partial charge in [0, 0.05) is 11.2 Å². The molecule has 1 aromatic carbocycles. The number of furan rings is 1. The summed E-state index contributed by atoms with van der Waals surface area (Å²) >= 11 is 5.94. The van der Waals surface area contributed by atoms with Crippen LogP contribution in [-0.2, 0) is 6.54 Å². The topological polar surface area (TPSA) is 68.3 Å². The van der Waals surface area contributed by atoms with E-state index in [1.54, 1.807) is 22.9 Å². The fourth-order valence-electron chi connectivity index (χ4n) is 2.08. The molecule has 0 fully saturated rings. The quantitative estimate of drug-likeness (QED) is 0.800. The number of carboxylic acid groups (broad SMARTS) is 1. The number of carboxylic acids is 1. The molecule has 0 amide bonds. The Bertz CT molecular complexity index is 778. The first-order chi connectivity index (χ1) is 10.1. The van der Waals surface area contributed by atoms with E-state index >= 15 is 0 Å². The van der Waals surface area contributed by atoms with Crippen LogP contribution in [0.1, 0.15) is 15.9 Å². The molecule has 0 atom stereocenters. The largest absolute Gasteiger partial charge is 0.478 e. The Hall–Kier alpha value is -2.53. The van der Waals surface area contributed by atoms with Gasteiger partial charge in [0.1, 0.15) is 11.3 Å². The van der Waals surface area contributed by atoms with Gasteiger partial charge in [0.05, 0.1) is 12.8 Å². The van der Waals surface area contributed by atoms with Crippen LogP contribution in [0.3, 0.4) is 0 Å². The summed E-state index contributed by atoms with van der Waals surface area (Å²) in [6, 6.07) is 10.7. The van der Waals surface area contributed by atoms with E-state index in [0.29, 0.717) is 23.0 Å². The van der Waals surface area contributed by atoms with Crippen molar-refractivity contribution in [3.8, 4) is 11.5 Å². The van der Waals surface area contributed by atoms with E-state index in [4.69, 9.17) is 16.0 Å². The van der Waals surface area contributed by atoms with Crippen LogP contribution in [0.25, 0.3) is 11.5 Å². The number of aromatic carboxylic acids is 1. The number of carbonyl (C=O) groups is 1. The molecular formula is C15H11ClN2O3. The van der Waals surface area contributed by atoms with Gasteiger partial charge in [0.25, 0.3) is 0 Å². The smallest absolute Gasteiger partial charge is 0.339 e. The monoisotopic (exact) mass is 302 g/mol. The highest BCUT2D eigenvalue weighted by atomic mass is 35.5. The highest BCUT2D eigenvalue weighted by molar-refractivity contribution is 6.30. The molecule has 0 aliphatic carbocycles. The van der Waals surface area contributed by atoms with E-state index in [1.807, 2.05) is 18.2 Å². The number of aromatic nitrogens is 2. The number of benzene rings is 1. The Morgan fingerprint density at radius 2 is 2.19 bits per heavy atom. The second kappa shape index (κ2) is 5.46. The summed E-state index contributed by atoms with van der Waals surface area (Å²) in [5, 5.41) is 14.2. The maximum atomic E-state index is 11.3. The van der Waals surface area contributed by atoms with E-state index in [-0.39, 0.29) is 5.56 Å². The molecule has 0 saturated carbocycles. The van der Waals surface area contributed by atoms with Crippen molar-refractivity contribution in [1.82, 2.24) is 9.78 Å². The van der Waals surface area contributed by atoms with Crippen molar-refractivity contribution in [3.63, 3.8) is 0 Å². The molecule has 0 saturated heterocycles. The van der Waals surface area contributed by atoms with Crippen LogP contribution in [0.15, 0.2) is 53.3 Å². The van der Waals surface area contributed by atoms with Gasteiger partial charge in [-0.2, -0.15) is 5.10 Å². The molecule has 5 nitrogen and oxygen atoms in total. The number of hydrogen-bond acceptors (Lipinski definition) is 3. The Kier molecular flexibility index (Phi) is 3.50. The van der Waals surface area contributed by atoms with Crippen LogP contribution in [-0.4, -0.2) is 20.9 Å². The van der Waals surface area contributed by atoms with Crippen LogP contribution < -0.4 is 0 Å². The summed E-state index contributed by atoms with van der Waals surface area (Å²) in [7, 11) is 0. The van der Waals surface area contributed by atoms with Crippen molar-refractivity contribution < 1.29 is 14.3 Å². The third-order valence-electron chi connectivity index (χ3n) is 2.98. The van der Waals surface area contributed by atoms with Gasteiger partial charge in [-0.15, -0.1) is 0 Å². The predicted molar refractivity (Wildman–Crippen MR) is 77.4 cm³/mol. The lowest BCUT2D eigenvalue weighted by Crippen LogP contribution is -2.00. The summed E-state index contributed by atoms with van der Waals surface area (Å²) < 4.78 is 6.80. The van der Waals surface area contributed by atoms with E-state index in [0.717, 1.165) is 5.56 Å². The molecule has 0 aliphatic heterocycles. The van der Waals surface area contributed by atoms with Gasteiger partial charge in [0.2, 0.25) is 0 Å². The third kappa shape index (κ3) is 2.83. The molecule has 0 unspecified atom stereocenters. The predicted octanol–water partition coefficient (Wildman–Crippen LogP) is 3.54. The number of rotatable bonds is 4. The lowest BCUT2D eigenvalue weighted by atomic mass is 10.2. The average Bonchev–Trinajstić information content (AvgIpc) is 3.06. The maximum Gasteiger partial charge on any atom is 0.339 e. The Balaban J connectivity index is 1.97. The molecule has 3 aromatic rings. The summed E-state index contributed by atoms with van der Waals surface area (Å²) in [5.41, 5.74) is 1.36.